The molecule has 0 fully saturated rings. The highest BCUT2D eigenvalue weighted by molar-refractivity contribution is 5.49. The van der Waals surface area contributed by atoms with Gasteiger partial charge in [-0.1, -0.05) is 31.2 Å². The highest BCUT2D eigenvalue weighted by atomic mass is 19.4. The molecule has 5 nitrogen and oxygen atoms in total. The zero-order chi connectivity index (χ0) is 17.8. The molecule has 0 amide bonds. The van der Waals surface area contributed by atoms with Gasteiger partial charge in [0, 0.05) is 11.8 Å². The average molecular weight is 347 g/mol. The summed E-state index contributed by atoms with van der Waals surface area (Å²) in [5, 5.41) is 6.95. The number of halogens is 3. The molecular weight excluding hydrogens is 331 g/mol. The highest BCUT2D eigenvalue weighted by Gasteiger charge is 2.37. The number of alkyl halides is 3. The van der Waals surface area contributed by atoms with Gasteiger partial charge in [-0.15, -0.1) is 5.10 Å². The molecule has 25 heavy (non-hydrogen) atoms. The molecule has 0 aliphatic heterocycles. The van der Waals surface area contributed by atoms with Gasteiger partial charge in [0.05, 0.1) is 6.04 Å². The molecule has 1 aromatic carbocycles. The van der Waals surface area contributed by atoms with Crippen LogP contribution in [0.5, 0.6) is 0 Å². The number of benzene rings is 1. The van der Waals surface area contributed by atoms with Crippen LogP contribution in [0.4, 0.5) is 19.0 Å². The van der Waals surface area contributed by atoms with Crippen LogP contribution in [-0.4, -0.2) is 19.6 Å². The maximum Gasteiger partial charge on any atom is 0.453 e. The fourth-order valence-electron chi connectivity index (χ4n) is 3.38. The molecule has 2 aromatic heterocycles. The Morgan fingerprint density at radius 3 is 2.72 bits per heavy atom. The third-order valence-corrected chi connectivity index (χ3v) is 4.50. The molecule has 1 aliphatic rings. The summed E-state index contributed by atoms with van der Waals surface area (Å²) in [6.45, 7) is 3.84. The Kier molecular flexibility index (Phi) is 3.45. The van der Waals surface area contributed by atoms with E-state index in [-0.39, 0.29) is 11.8 Å². The van der Waals surface area contributed by atoms with Crippen LogP contribution < -0.4 is 5.32 Å². The topological polar surface area (TPSA) is 55.1 Å². The number of anilines is 1. The molecule has 3 aromatic rings. The summed E-state index contributed by atoms with van der Waals surface area (Å²) in [4.78, 5) is 7.58. The van der Waals surface area contributed by atoms with Crippen molar-refractivity contribution in [1.82, 2.24) is 19.6 Å². The Hall–Kier alpha value is -2.64. The van der Waals surface area contributed by atoms with Crippen LogP contribution >= 0.6 is 0 Å². The van der Waals surface area contributed by atoms with E-state index in [1.807, 2.05) is 18.2 Å². The quantitative estimate of drug-likeness (QED) is 0.766. The summed E-state index contributed by atoms with van der Waals surface area (Å²) < 4.78 is 39.9. The number of nitrogens with one attached hydrogen (secondary N) is 1. The molecule has 4 rings (SSSR count). The van der Waals surface area contributed by atoms with Crippen molar-refractivity contribution in [3.8, 4) is 0 Å². The number of hydrogen-bond donors (Lipinski definition) is 1. The van der Waals surface area contributed by atoms with Gasteiger partial charge in [-0.2, -0.15) is 22.7 Å². The minimum absolute atomic E-state index is 0.000244. The van der Waals surface area contributed by atoms with E-state index in [9.17, 15) is 13.2 Å². The summed E-state index contributed by atoms with van der Waals surface area (Å²) in [6.07, 6.45) is -3.68. The van der Waals surface area contributed by atoms with Gasteiger partial charge < -0.3 is 5.32 Å². The van der Waals surface area contributed by atoms with Gasteiger partial charge in [-0.3, -0.25) is 0 Å². The first kappa shape index (κ1) is 15.9. The summed E-state index contributed by atoms with van der Waals surface area (Å²) >= 11 is 0. The van der Waals surface area contributed by atoms with Crippen molar-refractivity contribution in [1.29, 1.82) is 0 Å². The highest BCUT2D eigenvalue weighted by Crippen LogP contribution is 2.38. The van der Waals surface area contributed by atoms with E-state index in [2.05, 4.69) is 33.4 Å². The Morgan fingerprint density at radius 2 is 1.96 bits per heavy atom. The van der Waals surface area contributed by atoms with Crippen LogP contribution in [0.1, 0.15) is 35.6 Å². The molecule has 1 N–H and O–H groups in total. The lowest BCUT2D eigenvalue weighted by molar-refractivity contribution is -0.144. The molecule has 0 saturated carbocycles. The first-order chi connectivity index (χ1) is 11.8. The second kappa shape index (κ2) is 5.44. The second-order valence-electron chi connectivity index (χ2n) is 6.43. The standard InChI is InChI=1S/C17H16F3N5/c1-9-7-11-5-3-4-6-12(11)14(9)22-13-8-10(2)21-16-23-15(17(18,19)20)24-25(13)16/h3-6,8-9,14,22H,7H2,1-2H3/t9-,14+/m0/s1. The van der Waals surface area contributed by atoms with Gasteiger partial charge in [0.1, 0.15) is 5.82 Å². The fourth-order valence-corrected chi connectivity index (χ4v) is 3.38. The number of fused-ring (bicyclic) bond motifs is 2. The summed E-state index contributed by atoms with van der Waals surface area (Å²) in [5.74, 6) is -0.479. The van der Waals surface area contributed by atoms with Crippen molar-refractivity contribution in [2.45, 2.75) is 32.5 Å². The van der Waals surface area contributed by atoms with E-state index in [1.165, 1.54) is 5.56 Å². The van der Waals surface area contributed by atoms with Crippen LogP contribution in [0.2, 0.25) is 0 Å². The zero-order valence-electron chi connectivity index (χ0n) is 13.7. The van der Waals surface area contributed by atoms with Crippen molar-refractivity contribution in [2.24, 2.45) is 5.92 Å². The second-order valence-corrected chi connectivity index (χ2v) is 6.43. The minimum atomic E-state index is -4.61. The molecule has 0 spiro atoms. The van der Waals surface area contributed by atoms with Gasteiger partial charge in [-0.05, 0) is 30.4 Å². The van der Waals surface area contributed by atoms with Crippen LogP contribution in [0, 0.1) is 12.8 Å². The first-order valence-electron chi connectivity index (χ1n) is 7.99. The Labute approximate surface area is 141 Å². The monoisotopic (exact) mass is 347 g/mol. The lowest BCUT2D eigenvalue weighted by atomic mass is 10.0. The number of aromatic nitrogens is 4. The molecule has 130 valence electrons. The molecular formula is C17H16F3N5. The number of hydrogen-bond acceptors (Lipinski definition) is 4. The largest absolute Gasteiger partial charge is 0.453 e. The molecule has 0 radical (unpaired) electrons. The van der Waals surface area contributed by atoms with E-state index in [0.29, 0.717) is 17.4 Å². The molecule has 2 heterocycles. The predicted molar refractivity (Wildman–Crippen MR) is 86.2 cm³/mol. The van der Waals surface area contributed by atoms with E-state index in [1.54, 1.807) is 13.0 Å². The SMILES string of the molecule is Cc1cc(N[C@H]2c3ccccc3C[C@@H]2C)n2nc(C(F)(F)F)nc2n1. The average Bonchev–Trinajstić information content (AvgIpc) is 3.09. The third kappa shape index (κ3) is 2.71. The summed E-state index contributed by atoms with van der Waals surface area (Å²) in [7, 11) is 0. The van der Waals surface area contributed by atoms with Crippen LogP contribution in [0.3, 0.4) is 0 Å². The van der Waals surface area contributed by atoms with Crippen molar-refractivity contribution in [3.05, 3.63) is 53.0 Å². The van der Waals surface area contributed by atoms with Gasteiger partial charge in [0.15, 0.2) is 0 Å². The van der Waals surface area contributed by atoms with E-state index in [0.717, 1.165) is 16.5 Å². The molecule has 1 aliphatic carbocycles. The van der Waals surface area contributed by atoms with Crippen LogP contribution in [0.25, 0.3) is 5.78 Å². The Bertz CT molecular complexity index is 947. The van der Waals surface area contributed by atoms with Gasteiger partial charge >= 0.3 is 6.18 Å². The van der Waals surface area contributed by atoms with E-state index >= 15 is 0 Å². The molecule has 0 saturated heterocycles. The Balaban J connectivity index is 1.78. The van der Waals surface area contributed by atoms with Gasteiger partial charge in [0.2, 0.25) is 0 Å². The number of nitrogens with zero attached hydrogens (tertiary/aromatic N) is 4. The van der Waals surface area contributed by atoms with Crippen molar-refractivity contribution >= 4 is 11.6 Å². The van der Waals surface area contributed by atoms with Crippen LogP contribution in [-0.2, 0) is 12.6 Å². The molecule has 0 bridgehead atoms. The maximum absolute atomic E-state index is 12.9. The maximum atomic E-state index is 12.9. The minimum Gasteiger partial charge on any atom is -0.363 e. The first-order valence-corrected chi connectivity index (χ1v) is 7.99. The van der Waals surface area contributed by atoms with Crippen molar-refractivity contribution in [3.63, 3.8) is 0 Å². The molecule has 0 unspecified atom stereocenters. The lowest BCUT2D eigenvalue weighted by Gasteiger charge is -2.20. The van der Waals surface area contributed by atoms with Crippen molar-refractivity contribution < 1.29 is 13.2 Å². The van der Waals surface area contributed by atoms with E-state index in [4.69, 9.17) is 0 Å². The fraction of sp³-hybridized carbons (Fsp3) is 0.353. The van der Waals surface area contributed by atoms with E-state index < -0.39 is 12.0 Å². The summed E-state index contributed by atoms with van der Waals surface area (Å²) in [6, 6.07) is 9.78. The van der Waals surface area contributed by atoms with Crippen molar-refractivity contribution in [2.75, 3.05) is 5.32 Å². The van der Waals surface area contributed by atoms with Gasteiger partial charge in [0.25, 0.3) is 11.6 Å². The number of rotatable bonds is 2. The molecule has 8 heteroatoms. The third-order valence-electron chi connectivity index (χ3n) is 4.50. The lowest BCUT2D eigenvalue weighted by Crippen LogP contribution is -2.17. The zero-order valence-corrected chi connectivity index (χ0v) is 13.7. The Morgan fingerprint density at radius 1 is 1.20 bits per heavy atom. The molecule has 2 atom stereocenters. The normalized spacial score (nSPS) is 20.0. The predicted octanol–water partition coefficient (Wildman–Crippen LogP) is 3.80. The summed E-state index contributed by atoms with van der Waals surface area (Å²) in [5.41, 5.74) is 2.99. The smallest absolute Gasteiger partial charge is 0.363 e. The van der Waals surface area contributed by atoms with Gasteiger partial charge in [-0.25, -0.2) is 4.98 Å². The van der Waals surface area contributed by atoms with Crippen LogP contribution in [0.15, 0.2) is 30.3 Å². The number of aryl methyl sites for hydroxylation is 1.